The molecule has 16 heavy (non-hydrogen) atoms. The SMILES string of the molecule is CC(C)S(=N)C1=Nc2ncc(Cl)cc2SN1. The van der Waals surface area contributed by atoms with Gasteiger partial charge in [-0.25, -0.2) is 9.98 Å². The zero-order chi connectivity index (χ0) is 11.7. The largest absolute Gasteiger partial charge is 0.304 e. The van der Waals surface area contributed by atoms with E-state index in [0.717, 1.165) is 4.90 Å². The number of aliphatic imine (C=N–C) groups is 1. The maximum Gasteiger partial charge on any atom is 0.184 e. The highest BCUT2D eigenvalue weighted by Crippen LogP contribution is 2.31. The van der Waals surface area contributed by atoms with Gasteiger partial charge in [-0.3, -0.25) is 4.78 Å². The molecule has 86 valence electrons. The molecule has 0 saturated carbocycles. The van der Waals surface area contributed by atoms with E-state index >= 15 is 0 Å². The second-order valence-electron chi connectivity index (χ2n) is 3.48. The van der Waals surface area contributed by atoms with Crippen LogP contribution in [0.2, 0.25) is 5.02 Å². The van der Waals surface area contributed by atoms with E-state index in [0.29, 0.717) is 16.0 Å². The van der Waals surface area contributed by atoms with Crippen molar-refractivity contribution in [2.75, 3.05) is 0 Å². The predicted octanol–water partition coefficient (Wildman–Crippen LogP) is 3.12. The van der Waals surface area contributed by atoms with Gasteiger partial charge < -0.3 is 4.72 Å². The van der Waals surface area contributed by atoms with E-state index in [1.807, 2.05) is 19.9 Å². The van der Waals surface area contributed by atoms with Gasteiger partial charge in [-0.15, -0.1) is 0 Å². The summed E-state index contributed by atoms with van der Waals surface area (Å²) in [6, 6.07) is 1.82. The predicted molar refractivity (Wildman–Crippen MR) is 70.6 cm³/mol. The minimum atomic E-state index is -0.626. The van der Waals surface area contributed by atoms with Gasteiger partial charge in [0, 0.05) is 11.4 Å². The number of amidine groups is 1. The van der Waals surface area contributed by atoms with Crippen molar-refractivity contribution in [3.8, 4) is 0 Å². The number of hydrogen-bond donors (Lipinski definition) is 2. The molecule has 1 aliphatic heterocycles. The summed E-state index contributed by atoms with van der Waals surface area (Å²) in [6.07, 6.45) is 1.57. The van der Waals surface area contributed by atoms with Crippen LogP contribution in [0.15, 0.2) is 22.2 Å². The molecule has 1 atom stereocenters. The highest BCUT2D eigenvalue weighted by molar-refractivity contribution is 8.06. The standard InChI is InChI=1S/C9H11ClN4S2/c1-5(2)16(11)9-13-8-7(15-14-9)3-6(10)4-12-8/h3-5,11H,1-2H3,(H,12,13,14). The molecule has 0 aliphatic carbocycles. The smallest absolute Gasteiger partial charge is 0.184 e. The van der Waals surface area contributed by atoms with Crippen molar-refractivity contribution < 1.29 is 0 Å². The second kappa shape index (κ2) is 4.73. The lowest BCUT2D eigenvalue weighted by molar-refractivity contribution is 1.10. The number of nitrogens with one attached hydrogen (secondary N) is 2. The summed E-state index contributed by atoms with van der Waals surface area (Å²) in [7, 11) is -0.626. The van der Waals surface area contributed by atoms with Gasteiger partial charge in [-0.1, -0.05) is 25.4 Å². The molecule has 2 N–H and O–H groups in total. The third kappa shape index (κ3) is 2.39. The van der Waals surface area contributed by atoms with E-state index < -0.39 is 10.7 Å². The molecule has 0 saturated heterocycles. The van der Waals surface area contributed by atoms with E-state index in [4.69, 9.17) is 16.4 Å². The van der Waals surface area contributed by atoms with Crippen molar-refractivity contribution in [2.24, 2.45) is 4.99 Å². The lowest BCUT2D eigenvalue weighted by atomic mass is 10.4. The highest BCUT2D eigenvalue weighted by atomic mass is 35.5. The van der Waals surface area contributed by atoms with Crippen LogP contribution in [0.25, 0.3) is 0 Å². The first-order valence-corrected chi connectivity index (χ1v) is 7.17. The summed E-state index contributed by atoms with van der Waals surface area (Å²) in [5.41, 5.74) is 0. The third-order valence-corrected chi connectivity index (χ3v) is 4.64. The summed E-state index contributed by atoms with van der Waals surface area (Å²) in [5.74, 6) is 0.647. The Morgan fingerprint density at radius 2 is 2.31 bits per heavy atom. The van der Waals surface area contributed by atoms with Crippen LogP contribution in [0, 0.1) is 4.78 Å². The number of hydrogen-bond acceptors (Lipinski definition) is 5. The molecule has 0 amide bonds. The maximum absolute atomic E-state index is 7.97. The maximum atomic E-state index is 7.97. The Bertz CT molecular complexity index is 473. The minimum Gasteiger partial charge on any atom is -0.304 e. The fourth-order valence-corrected chi connectivity index (χ4v) is 3.06. The Hall–Kier alpha value is -0.590. The van der Waals surface area contributed by atoms with Crippen LogP contribution in [-0.4, -0.2) is 15.4 Å². The van der Waals surface area contributed by atoms with Crippen molar-refractivity contribution >= 4 is 45.2 Å². The molecule has 2 heterocycles. The van der Waals surface area contributed by atoms with Gasteiger partial charge in [0.1, 0.15) is 0 Å². The summed E-state index contributed by atoms with van der Waals surface area (Å²) < 4.78 is 11.0. The number of aromatic nitrogens is 1. The average molecular weight is 275 g/mol. The van der Waals surface area contributed by atoms with Crippen LogP contribution >= 0.6 is 23.5 Å². The van der Waals surface area contributed by atoms with Crippen molar-refractivity contribution in [3.05, 3.63) is 17.3 Å². The number of halogens is 1. The molecule has 1 aromatic heterocycles. The molecule has 1 aromatic rings. The molecule has 1 unspecified atom stereocenters. The molecule has 0 bridgehead atoms. The molecular formula is C9H11ClN4S2. The fraction of sp³-hybridized carbons (Fsp3) is 0.333. The van der Waals surface area contributed by atoms with Gasteiger partial charge in [0.2, 0.25) is 0 Å². The quantitative estimate of drug-likeness (QED) is 0.774. The third-order valence-electron chi connectivity index (χ3n) is 1.93. The van der Waals surface area contributed by atoms with E-state index in [1.54, 1.807) is 6.20 Å². The van der Waals surface area contributed by atoms with Gasteiger partial charge in [-0.2, -0.15) is 0 Å². The number of fused-ring (bicyclic) bond motifs is 1. The van der Waals surface area contributed by atoms with Gasteiger partial charge >= 0.3 is 0 Å². The molecule has 7 heteroatoms. The van der Waals surface area contributed by atoms with Gasteiger partial charge in [-0.05, 0) is 28.7 Å². The number of rotatable bonds is 1. The Balaban J connectivity index is 2.35. The fourth-order valence-electron chi connectivity index (χ4n) is 1.11. The van der Waals surface area contributed by atoms with Crippen LogP contribution in [0.4, 0.5) is 5.82 Å². The summed E-state index contributed by atoms with van der Waals surface area (Å²) in [6.45, 7) is 4.02. The normalized spacial score (nSPS) is 16.4. The zero-order valence-corrected chi connectivity index (χ0v) is 11.2. The average Bonchev–Trinajstić information content (AvgIpc) is 2.27. The lowest BCUT2D eigenvalue weighted by Gasteiger charge is -2.18. The van der Waals surface area contributed by atoms with Gasteiger partial charge in [0.15, 0.2) is 11.0 Å². The lowest BCUT2D eigenvalue weighted by Crippen LogP contribution is -2.27. The van der Waals surface area contributed by atoms with Gasteiger partial charge in [0.25, 0.3) is 0 Å². The Morgan fingerprint density at radius 1 is 1.56 bits per heavy atom. The van der Waals surface area contributed by atoms with E-state index in [-0.39, 0.29) is 5.25 Å². The Kier molecular flexibility index (Phi) is 3.51. The van der Waals surface area contributed by atoms with E-state index in [2.05, 4.69) is 14.7 Å². The van der Waals surface area contributed by atoms with Gasteiger partial charge in [0.05, 0.1) is 9.92 Å². The summed E-state index contributed by atoms with van der Waals surface area (Å²) >= 11 is 7.25. The topological polar surface area (TPSA) is 61.1 Å². The first-order chi connectivity index (χ1) is 7.58. The van der Waals surface area contributed by atoms with Crippen LogP contribution in [0.5, 0.6) is 0 Å². The van der Waals surface area contributed by atoms with Crippen LogP contribution in [0.3, 0.4) is 0 Å². The van der Waals surface area contributed by atoms with Crippen molar-refractivity contribution in [1.82, 2.24) is 9.71 Å². The number of pyridine rings is 1. The van der Waals surface area contributed by atoms with Crippen molar-refractivity contribution in [3.63, 3.8) is 0 Å². The molecule has 0 spiro atoms. The van der Waals surface area contributed by atoms with Crippen LogP contribution in [-0.2, 0) is 10.7 Å². The van der Waals surface area contributed by atoms with E-state index in [1.165, 1.54) is 11.9 Å². The van der Waals surface area contributed by atoms with Crippen LogP contribution in [0.1, 0.15) is 13.8 Å². The molecule has 4 nitrogen and oxygen atoms in total. The highest BCUT2D eigenvalue weighted by Gasteiger charge is 2.17. The molecule has 0 fully saturated rings. The first-order valence-electron chi connectivity index (χ1n) is 4.69. The van der Waals surface area contributed by atoms with E-state index in [9.17, 15) is 0 Å². The van der Waals surface area contributed by atoms with Crippen molar-refractivity contribution in [1.29, 1.82) is 4.78 Å². The molecule has 0 aromatic carbocycles. The summed E-state index contributed by atoms with van der Waals surface area (Å²) in [5, 5.41) is 1.53. The molecular weight excluding hydrogens is 264 g/mol. The molecule has 0 radical (unpaired) electrons. The number of nitrogens with zero attached hydrogens (tertiary/aromatic N) is 2. The Morgan fingerprint density at radius 3 is 3.00 bits per heavy atom. The zero-order valence-electron chi connectivity index (χ0n) is 8.82. The minimum absolute atomic E-state index is 0.251. The Labute approximate surface area is 106 Å². The molecule has 1 aliphatic rings. The second-order valence-corrected chi connectivity index (χ2v) is 6.77. The molecule has 2 rings (SSSR count). The summed E-state index contributed by atoms with van der Waals surface area (Å²) in [4.78, 5) is 9.40. The monoisotopic (exact) mass is 274 g/mol. The van der Waals surface area contributed by atoms with Crippen molar-refractivity contribution in [2.45, 2.75) is 24.0 Å². The first kappa shape index (κ1) is 11.9. The van der Waals surface area contributed by atoms with Crippen LogP contribution < -0.4 is 4.72 Å².